The Morgan fingerprint density at radius 2 is 1.12 bits per heavy atom. The third-order valence-electron chi connectivity index (χ3n) is 0. The van der Waals surface area contributed by atoms with E-state index >= 15 is 0 Å². The third kappa shape index (κ3) is 152. The molecular weight excluding hydrogens is 229 g/mol. The molecule has 0 aliphatic rings. The second-order valence-electron chi connectivity index (χ2n) is 0.513. The summed E-state index contributed by atoms with van der Waals surface area (Å²) >= 11 is 0. The van der Waals surface area contributed by atoms with Gasteiger partial charge in [-0.15, -0.1) is 0 Å². The molecule has 0 rings (SSSR count). The van der Waals surface area contributed by atoms with E-state index in [-0.39, 0.29) is 47.0 Å². The molecular formula is H8GaO5PTi. The van der Waals surface area contributed by atoms with E-state index in [1.807, 2.05) is 0 Å². The van der Waals surface area contributed by atoms with Crippen LogP contribution in [0, 0.1) is 0 Å². The van der Waals surface area contributed by atoms with Crippen molar-refractivity contribution in [1.82, 2.24) is 0 Å². The van der Waals surface area contributed by atoms with Gasteiger partial charge in [-0.2, -0.15) is 0 Å². The van der Waals surface area contributed by atoms with Gasteiger partial charge in [-0.1, -0.05) is 0 Å². The molecule has 5 N–H and O–H groups in total. The van der Waals surface area contributed by atoms with Gasteiger partial charge < -0.3 is 20.2 Å². The molecule has 0 aromatic rings. The topological polar surface area (TPSA) is 109 Å². The molecule has 0 spiro atoms. The van der Waals surface area contributed by atoms with Crippen molar-refractivity contribution in [2.75, 3.05) is 0 Å². The molecule has 0 bridgehead atoms. The minimum atomic E-state index is -4.64. The summed E-state index contributed by atoms with van der Waals surface area (Å²) in [6.07, 6.45) is 0. The van der Waals surface area contributed by atoms with Crippen LogP contribution in [-0.2, 0) is 26.3 Å². The minimum Gasteiger partial charge on any atom is 0 e. The number of rotatable bonds is 0. The van der Waals surface area contributed by atoms with Crippen LogP contribution >= 0.6 is 7.82 Å². The van der Waals surface area contributed by atoms with E-state index in [9.17, 15) is 0 Å². The molecule has 0 unspecified atom stereocenters. The monoisotopic (exact) mass is 236 g/mol. The van der Waals surface area contributed by atoms with Gasteiger partial charge in [0, 0.05) is 21.7 Å². The van der Waals surface area contributed by atoms with Gasteiger partial charge in [-0.25, -0.2) is 4.57 Å². The Bertz CT molecular complexity index is 58.6. The van der Waals surface area contributed by atoms with E-state index in [2.05, 4.69) is 0 Å². The molecule has 0 aliphatic carbocycles. The Kier molecular flexibility index (Phi) is 23.9. The van der Waals surface area contributed by atoms with Crippen molar-refractivity contribution in [3.63, 3.8) is 0 Å². The van der Waals surface area contributed by atoms with Crippen LogP contribution in [0.25, 0.3) is 0 Å². The zero-order valence-electron chi connectivity index (χ0n) is 3.20. The van der Waals surface area contributed by atoms with E-state index in [0.717, 1.165) is 0 Å². The second-order valence-corrected chi connectivity index (χ2v) is 1.54. The van der Waals surface area contributed by atoms with Crippen molar-refractivity contribution in [2.24, 2.45) is 0 Å². The quantitative estimate of drug-likeness (QED) is 0.309. The number of hydrogen-bond acceptors (Lipinski definition) is 1. The van der Waals surface area contributed by atoms with Gasteiger partial charge in [0.2, 0.25) is 0 Å². The maximum absolute atomic E-state index is 8.88. The fourth-order valence-corrected chi connectivity index (χ4v) is 0. The summed E-state index contributed by atoms with van der Waals surface area (Å²) in [4.78, 5) is 21.6. The van der Waals surface area contributed by atoms with Gasteiger partial charge in [0.05, 0.1) is 0 Å². The molecule has 0 saturated carbocycles. The summed E-state index contributed by atoms with van der Waals surface area (Å²) in [5.41, 5.74) is 0. The van der Waals surface area contributed by atoms with Crippen molar-refractivity contribution >= 4 is 27.6 Å². The maximum atomic E-state index is 8.88. The van der Waals surface area contributed by atoms with Crippen LogP contribution in [0.15, 0.2) is 0 Å². The predicted molar refractivity (Wildman–Crippen MR) is 27.8 cm³/mol. The smallest absolute Gasteiger partial charge is 0 e. The number of phosphoric acid groups is 1. The molecule has 0 fully saturated rings. The Morgan fingerprint density at radius 3 is 1.12 bits per heavy atom. The van der Waals surface area contributed by atoms with Gasteiger partial charge in [0.25, 0.3) is 0 Å². The zero-order valence-corrected chi connectivity index (χ0v) is 5.65. The summed E-state index contributed by atoms with van der Waals surface area (Å²) in [6.45, 7) is 0. The van der Waals surface area contributed by atoms with E-state index in [1.54, 1.807) is 0 Å². The van der Waals surface area contributed by atoms with Crippen LogP contribution in [0.5, 0.6) is 0 Å². The van der Waals surface area contributed by atoms with E-state index in [1.165, 1.54) is 0 Å². The molecule has 8 heteroatoms. The molecule has 8 heavy (non-hydrogen) atoms. The molecule has 0 atom stereocenters. The van der Waals surface area contributed by atoms with E-state index in [4.69, 9.17) is 19.2 Å². The van der Waals surface area contributed by atoms with Crippen molar-refractivity contribution < 1.29 is 46.4 Å². The summed E-state index contributed by atoms with van der Waals surface area (Å²) < 4.78 is 8.88. The molecule has 0 amide bonds. The molecule has 0 radical (unpaired) electrons. The maximum Gasteiger partial charge on any atom is 0 e. The van der Waals surface area contributed by atoms with Crippen LogP contribution < -0.4 is 0 Å². The van der Waals surface area contributed by atoms with Crippen molar-refractivity contribution in [3.8, 4) is 0 Å². The van der Waals surface area contributed by atoms with Gasteiger partial charge in [-0.3, -0.25) is 0 Å². The van der Waals surface area contributed by atoms with Crippen LogP contribution in [-0.4, -0.2) is 39.9 Å². The normalized spacial score (nSPS) is 7.38. The molecule has 0 heterocycles. The number of hydrogen-bond donors (Lipinski definition) is 3. The second kappa shape index (κ2) is 8.42. The first kappa shape index (κ1) is 22.7. The molecule has 0 aromatic heterocycles. The van der Waals surface area contributed by atoms with Crippen LogP contribution in [0.2, 0.25) is 0 Å². The first-order valence-electron chi connectivity index (χ1n) is 0.783. The Morgan fingerprint density at radius 1 is 1.12 bits per heavy atom. The zero-order chi connectivity index (χ0) is 4.50. The Labute approximate surface area is 74.0 Å². The third-order valence-corrected chi connectivity index (χ3v) is 0. The van der Waals surface area contributed by atoms with Crippen LogP contribution in [0.4, 0.5) is 0 Å². The van der Waals surface area contributed by atoms with Gasteiger partial charge in [0.1, 0.15) is 0 Å². The van der Waals surface area contributed by atoms with Gasteiger partial charge >= 0.3 is 27.6 Å². The molecule has 0 aromatic carbocycles. The average molecular weight is 237 g/mol. The van der Waals surface area contributed by atoms with Crippen molar-refractivity contribution in [2.45, 2.75) is 0 Å². The molecule has 50 valence electrons. The first-order chi connectivity index (χ1) is 2.00. The molecule has 0 saturated heterocycles. The summed E-state index contributed by atoms with van der Waals surface area (Å²) in [6, 6.07) is 0. The van der Waals surface area contributed by atoms with E-state index in [0.29, 0.717) is 0 Å². The Hall–Kier alpha value is 1.42. The average Bonchev–Trinajstić information content (AvgIpc) is 0.722. The Balaban J connectivity index is -0.0000000267. The van der Waals surface area contributed by atoms with Crippen LogP contribution in [0.3, 0.4) is 0 Å². The largest absolute Gasteiger partial charge is 0 e. The fourth-order valence-electron chi connectivity index (χ4n) is 0. The first-order valence-corrected chi connectivity index (χ1v) is 2.35. The summed E-state index contributed by atoms with van der Waals surface area (Å²) in [7, 11) is -4.64. The minimum absolute atomic E-state index is 0. The van der Waals surface area contributed by atoms with E-state index < -0.39 is 7.82 Å². The standard InChI is InChI=1S/Ga.H3O4P.H2O.Ti.3H/c;1-5(2,3)4;;;;;/h;(H3,1,2,3,4);1H2;;;;. The fraction of sp³-hybridized carbons (Fsp3) is 0. The van der Waals surface area contributed by atoms with Gasteiger partial charge in [0.15, 0.2) is 0 Å². The van der Waals surface area contributed by atoms with Crippen LogP contribution in [0.1, 0.15) is 0 Å². The molecule has 0 aliphatic heterocycles. The van der Waals surface area contributed by atoms with Crippen molar-refractivity contribution in [1.29, 1.82) is 0 Å². The SMILES string of the molecule is O.O=P(O)(O)O.[GaH3].[Ti]. The van der Waals surface area contributed by atoms with Crippen molar-refractivity contribution in [3.05, 3.63) is 0 Å². The predicted octanol–water partition coefficient (Wildman–Crippen LogP) is -2.94. The molecule has 5 nitrogen and oxygen atoms in total. The summed E-state index contributed by atoms with van der Waals surface area (Å²) in [5.74, 6) is 0. The summed E-state index contributed by atoms with van der Waals surface area (Å²) in [5, 5.41) is 0. The van der Waals surface area contributed by atoms with Gasteiger partial charge in [-0.05, 0) is 0 Å².